The van der Waals surface area contributed by atoms with Crippen LogP contribution in [0.25, 0.3) is 10.4 Å². The van der Waals surface area contributed by atoms with E-state index in [2.05, 4.69) is 5.32 Å². The molecule has 0 atom stereocenters. The Hall–Kier alpha value is -0.900. The fraction of sp³-hybridized carbons (Fsp3) is 0.286. The first-order valence-corrected chi connectivity index (χ1v) is 7.09. The molecule has 0 saturated carbocycles. The van der Waals surface area contributed by atoms with Gasteiger partial charge in [0.1, 0.15) is 5.82 Å². The van der Waals surface area contributed by atoms with Gasteiger partial charge in [0.15, 0.2) is 0 Å². The molecule has 0 unspecified atom stereocenters. The zero-order chi connectivity index (χ0) is 13.1. The number of benzene rings is 1. The van der Waals surface area contributed by atoms with Crippen LogP contribution in [0.5, 0.6) is 0 Å². The predicted octanol–water partition coefficient (Wildman–Crippen LogP) is 4.71. The third-order valence-corrected chi connectivity index (χ3v) is 4.02. The smallest absolute Gasteiger partial charge is 0.128 e. The van der Waals surface area contributed by atoms with E-state index in [1.165, 1.54) is 11.3 Å². The van der Waals surface area contributed by atoms with E-state index >= 15 is 0 Å². The second-order valence-corrected chi connectivity index (χ2v) is 5.76. The summed E-state index contributed by atoms with van der Waals surface area (Å²) in [6, 6.07) is 7.45. The summed E-state index contributed by atoms with van der Waals surface area (Å²) in [4.78, 5) is 0.916. The second kappa shape index (κ2) is 5.83. The lowest BCUT2D eigenvalue weighted by Gasteiger charge is -2.09. The van der Waals surface area contributed by atoms with Gasteiger partial charge in [-0.15, -0.1) is 11.3 Å². The third-order valence-electron chi connectivity index (χ3n) is 2.63. The lowest BCUT2D eigenvalue weighted by Crippen LogP contribution is -2.22. The average molecular weight is 284 g/mol. The molecule has 1 aromatic carbocycles. The molecule has 96 valence electrons. The highest BCUT2D eigenvalue weighted by molar-refractivity contribution is 7.14. The number of thiophene rings is 1. The highest BCUT2D eigenvalue weighted by Gasteiger charge is 2.09. The summed E-state index contributed by atoms with van der Waals surface area (Å²) in [6.45, 7) is 4.62. The van der Waals surface area contributed by atoms with Gasteiger partial charge < -0.3 is 5.32 Å². The molecule has 4 heteroatoms. The first-order valence-electron chi connectivity index (χ1n) is 5.83. The molecule has 0 aliphatic carbocycles. The zero-order valence-electron chi connectivity index (χ0n) is 10.3. The lowest BCUT2D eigenvalue weighted by molar-refractivity contribution is 0.553. The van der Waals surface area contributed by atoms with Crippen molar-refractivity contribution in [3.8, 4) is 10.4 Å². The van der Waals surface area contributed by atoms with Crippen molar-refractivity contribution in [3.05, 3.63) is 46.0 Å². The summed E-state index contributed by atoms with van der Waals surface area (Å²) >= 11 is 7.57. The normalized spacial score (nSPS) is 11.2. The molecular weight excluding hydrogens is 269 g/mol. The van der Waals surface area contributed by atoms with Crippen LogP contribution in [0.15, 0.2) is 29.6 Å². The van der Waals surface area contributed by atoms with Gasteiger partial charge in [-0.25, -0.2) is 4.39 Å². The fourth-order valence-corrected chi connectivity index (χ4v) is 2.81. The largest absolute Gasteiger partial charge is 0.310 e. The molecule has 0 aliphatic rings. The Labute approximate surface area is 116 Å². The Morgan fingerprint density at radius 3 is 2.67 bits per heavy atom. The van der Waals surface area contributed by atoms with Crippen molar-refractivity contribution in [2.24, 2.45) is 0 Å². The molecule has 0 saturated heterocycles. The molecule has 0 radical (unpaired) electrons. The molecule has 1 nitrogen and oxygen atoms in total. The SMILES string of the molecule is CC(C)NCc1ccc(-c2sccc2Cl)cc1F. The molecule has 0 bridgehead atoms. The van der Waals surface area contributed by atoms with Crippen LogP contribution in [0, 0.1) is 5.82 Å². The van der Waals surface area contributed by atoms with Crippen LogP contribution < -0.4 is 5.32 Å². The van der Waals surface area contributed by atoms with E-state index in [1.54, 1.807) is 6.07 Å². The van der Waals surface area contributed by atoms with Crippen LogP contribution in [-0.2, 0) is 6.54 Å². The van der Waals surface area contributed by atoms with Crippen LogP contribution >= 0.6 is 22.9 Å². The van der Waals surface area contributed by atoms with Crippen molar-refractivity contribution < 1.29 is 4.39 Å². The highest BCUT2D eigenvalue weighted by Crippen LogP contribution is 2.33. The maximum atomic E-state index is 13.9. The Bertz CT molecular complexity index is 536. The van der Waals surface area contributed by atoms with E-state index in [9.17, 15) is 4.39 Å². The molecule has 18 heavy (non-hydrogen) atoms. The summed E-state index contributed by atoms with van der Waals surface area (Å²) in [5, 5.41) is 5.78. The summed E-state index contributed by atoms with van der Waals surface area (Å²) in [5.41, 5.74) is 1.51. The number of nitrogens with one attached hydrogen (secondary N) is 1. The van der Waals surface area contributed by atoms with Crippen molar-refractivity contribution in [3.63, 3.8) is 0 Å². The van der Waals surface area contributed by atoms with Gasteiger partial charge in [0.05, 0.1) is 9.90 Å². The van der Waals surface area contributed by atoms with Crippen LogP contribution in [0.1, 0.15) is 19.4 Å². The minimum Gasteiger partial charge on any atom is -0.310 e. The van der Waals surface area contributed by atoms with E-state index in [1.807, 2.05) is 37.4 Å². The first kappa shape index (κ1) is 13.5. The van der Waals surface area contributed by atoms with E-state index in [0.29, 0.717) is 23.2 Å². The Morgan fingerprint density at radius 2 is 2.11 bits per heavy atom. The van der Waals surface area contributed by atoms with Crippen molar-refractivity contribution in [2.75, 3.05) is 0 Å². The number of rotatable bonds is 4. The molecule has 1 N–H and O–H groups in total. The van der Waals surface area contributed by atoms with Gasteiger partial charge in [0, 0.05) is 18.2 Å². The van der Waals surface area contributed by atoms with Crippen molar-refractivity contribution in [1.82, 2.24) is 5.32 Å². The quantitative estimate of drug-likeness (QED) is 0.857. The van der Waals surface area contributed by atoms with Gasteiger partial charge in [-0.3, -0.25) is 0 Å². The van der Waals surface area contributed by atoms with E-state index < -0.39 is 0 Å². The monoisotopic (exact) mass is 283 g/mol. The fourth-order valence-electron chi connectivity index (χ4n) is 1.65. The van der Waals surface area contributed by atoms with E-state index in [-0.39, 0.29) is 5.82 Å². The Morgan fingerprint density at radius 1 is 1.33 bits per heavy atom. The summed E-state index contributed by atoms with van der Waals surface area (Å²) in [6.07, 6.45) is 0. The highest BCUT2D eigenvalue weighted by atomic mass is 35.5. The number of hydrogen-bond acceptors (Lipinski definition) is 2. The van der Waals surface area contributed by atoms with Gasteiger partial charge in [-0.05, 0) is 23.1 Å². The van der Waals surface area contributed by atoms with E-state index in [0.717, 1.165) is 10.4 Å². The zero-order valence-corrected chi connectivity index (χ0v) is 11.9. The third kappa shape index (κ3) is 3.10. The molecule has 0 fully saturated rings. The van der Waals surface area contributed by atoms with Crippen molar-refractivity contribution in [2.45, 2.75) is 26.4 Å². The molecule has 1 aromatic heterocycles. The molecule has 0 spiro atoms. The molecule has 1 heterocycles. The molecule has 2 aromatic rings. The number of hydrogen-bond donors (Lipinski definition) is 1. The minimum atomic E-state index is -0.190. The van der Waals surface area contributed by atoms with Gasteiger partial charge in [-0.2, -0.15) is 0 Å². The molecule has 0 aliphatic heterocycles. The lowest BCUT2D eigenvalue weighted by atomic mass is 10.1. The summed E-state index contributed by atoms with van der Waals surface area (Å²) in [5.74, 6) is -0.190. The average Bonchev–Trinajstić information content (AvgIpc) is 2.73. The van der Waals surface area contributed by atoms with E-state index in [4.69, 9.17) is 11.6 Å². The van der Waals surface area contributed by atoms with Gasteiger partial charge in [0.25, 0.3) is 0 Å². The predicted molar refractivity (Wildman–Crippen MR) is 76.7 cm³/mol. The summed E-state index contributed by atoms with van der Waals surface area (Å²) in [7, 11) is 0. The molecule has 2 rings (SSSR count). The summed E-state index contributed by atoms with van der Waals surface area (Å²) < 4.78 is 13.9. The van der Waals surface area contributed by atoms with Crippen LogP contribution in [0.4, 0.5) is 4.39 Å². The standard InChI is InChI=1S/C14H15ClFNS/c1-9(2)17-8-11-4-3-10(7-13(11)16)14-12(15)5-6-18-14/h3-7,9,17H,8H2,1-2H3. The number of halogens is 2. The first-order chi connectivity index (χ1) is 8.58. The molecular formula is C14H15ClFNS. The minimum absolute atomic E-state index is 0.190. The van der Waals surface area contributed by atoms with Crippen molar-refractivity contribution >= 4 is 22.9 Å². The van der Waals surface area contributed by atoms with Crippen LogP contribution in [0.2, 0.25) is 5.02 Å². The second-order valence-electron chi connectivity index (χ2n) is 4.44. The van der Waals surface area contributed by atoms with Crippen LogP contribution in [0.3, 0.4) is 0 Å². The Kier molecular flexibility index (Phi) is 4.38. The van der Waals surface area contributed by atoms with Gasteiger partial charge in [-0.1, -0.05) is 37.6 Å². The Balaban J connectivity index is 2.22. The van der Waals surface area contributed by atoms with Gasteiger partial charge >= 0.3 is 0 Å². The van der Waals surface area contributed by atoms with Gasteiger partial charge in [0.2, 0.25) is 0 Å². The molecule has 0 amide bonds. The van der Waals surface area contributed by atoms with Crippen molar-refractivity contribution in [1.29, 1.82) is 0 Å². The topological polar surface area (TPSA) is 12.0 Å². The maximum Gasteiger partial charge on any atom is 0.128 e. The maximum absolute atomic E-state index is 13.9. The van der Waals surface area contributed by atoms with Crippen LogP contribution in [-0.4, -0.2) is 6.04 Å².